The highest BCUT2D eigenvalue weighted by Crippen LogP contribution is 2.32. The molecule has 2 N–H and O–H groups in total. The first-order valence-corrected chi connectivity index (χ1v) is 6.99. The molecule has 2 unspecified atom stereocenters. The maximum atomic E-state index is 12.7. The smallest absolute Gasteiger partial charge is 0.412 e. The number of nitrogens with two attached hydrogens (primary N) is 1. The third kappa shape index (κ3) is 4.54. The third-order valence-electron chi connectivity index (χ3n) is 2.68. The van der Waals surface area contributed by atoms with E-state index in [4.69, 9.17) is 4.74 Å². The third-order valence-corrected chi connectivity index (χ3v) is 3.47. The second-order valence-electron chi connectivity index (χ2n) is 4.35. The summed E-state index contributed by atoms with van der Waals surface area (Å²) in [6.07, 6.45) is 1.32. The monoisotopic (exact) mass is 297 g/mol. The number of hydrogen-bond donors (Lipinski definition) is 1. The maximum absolute atomic E-state index is 12.7. The van der Waals surface area contributed by atoms with Crippen molar-refractivity contribution in [3.63, 3.8) is 0 Å². The van der Waals surface area contributed by atoms with Gasteiger partial charge in [0.15, 0.2) is 0 Å². The summed E-state index contributed by atoms with van der Waals surface area (Å²) >= 11 is -3.01. The van der Waals surface area contributed by atoms with E-state index in [2.05, 4.69) is 9.92 Å². The van der Waals surface area contributed by atoms with Crippen molar-refractivity contribution in [1.29, 1.82) is 0 Å². The Balaban J connectivity index is 2.93. The molecule has 0 saturated carbocycles. The minimum atomic E-state index is -3.96. The number of carbonyl (C=O) groups is 1. The summed E-state index contributed by atoms with van der Waals surface area (Å²) in [6.45, 7) is 3.69. The number of halogens is 2. The van der Waals surface area contributed by atoms with E-state index in [1.807, 2.05) is 6.92 Å². The summed E-state index contributed by atoms with van der Waals surface area (Å²) in [5, 5.41) is -3.96. The average Bonchev–Trinajstić information content (AvgIpc) is 2.28. The molecule has 0 heterocycles. The van der Waals surface area contributed by atoms with Gasteiger partial charge >= 0.3 is 11.3 Å². The van der Waals surface area contributed by atoms with Crippen LogP contribution in [0.2, 0.25) is 0 Å². The Labute approximate surface area is 112 Å². The molecule has 0 aromatic heterocycles. The van der Waals surface area contributed by atoms with Crippen LogP contribution in [-0.4, -0.2) is 22.2 Å². The highest BCUT2D eigenvalue weighted by Gasteiger charge is 2.37. The largest absolute Gasteiger partial charge is 0.463 e. The Bertz CT molecular complexity index is 406. The molecular formula is C11H17F2NO4S. The molecule has 110 valence electrons. The van der Waals surface area contributed by atoms with E-state index in [-0.39, 0.29) is 30.3 Å². The van der Waals surface area contributed by atoms with Gasteiger partial charge in [-0.3, -0.25) is 5.73 Å². The van der Waals surface area contributed by atoms with Crippen LogP contribution in [0.3, 0.4) is 0 Å². The Morgan fingerprint density at radius 2 is 2.21 bits per heavy atom. The summed E-state index contributed by atoms with van der Waals surface area (Å²) in [5.74, 6) is -0.487. The lowest BCUT2D eigenvalue weighted by Crippen LogP contribution is -2.35. The van der Waals surface area contributed by atoms with Crippen LogP contribution in [0.25, 0.3) is 0 Å². The topological polar surface area (TPSA) is 78.6 Å². The second-order valence-corrected chi connectivity index (χ2v) is 5.53. The number of esters is 1. The van der Waals surface area contributed by atoms with Gasteiger partial charge in [0.25, 0.3) is 11.1 Å². The summed E-state index contributed by atoms with van der Waals surface area (Å²) in [6, 6.07) is 0. The maximum Gasteiger partial charge on any atom is 0.412 e. The molecule has 0 fully saturated rings. The number of rotatable bonds is 5. The van der Waals surface area contributed by atoms with Gasteiger partial charge < -0.3 is 8.92 Å². The number of hydrogen-bond acceptors (Lipinski definition) is 5. The molecule has 19 heavy (non-hydrogen) atoms. The molecule has 0 saturated heterocycles. The van der Waals surface area contributed by atoms with Crippen molar-refractivity contribution in [3.05, 3.63) is 11.3 Å². The van der Waals surface area contributed by atoms with Gasteiger partial charge in [-0.05, 0) is 25.7 Å². The minimum absolute atomic E-state index is 0.0133. The second kappa shape index (κ2) is 6.42. The fourth-order valence-electron chi connectivity index (χ4n) is 1.74. The molecule has 1 aliphatic carbocycles. The molecule has 0 aromatic carbocycles. The molecule has 0 aliphatic heterocycles. The van der Waals surface area contributed by atoms with Gasteiger partial charge in [0.2, 0.25) is 0 Å². The lowest BCUT2D eigenvalue weighted by Gasteiger charge is -2.23. The lowest BCUT2D eigenvalue weighted by atomic mass is 9.89. The van der Waals surface area contributed by atoms with E-state index >= 15 is 0 Å². The fraction of sp³-hybridized carbons (Fsp3) is 0.727. The molecule has 0 aromatic rings. The molecule has 8 heteroatoms. The number of alkyl halides is 2. The molecule has 1 aliphatic rings. The zero-order chi connectivity index (χ0) is 14.6. The number of ether oxygens (including phenoxy) is 1. The first-order valence-electron chi connectivity index (χ1n) is 5.91. The van der Waals surface area contributed by atoms with Crippen LogP contribution >= 0.6 is 0 Å². The molecule has 0 spiro atoms. The quantitative estimate of drug-likeness (QED) is 0.618. The van der Waals surface area contributed by atoms with E-state index in [0.29, 0.717) is 12.8 Å². The Hall–Kier alpha value is -1.02. The van der Waals surface area contributed by atoms with Gasteiger partial charge in [0.1, 0.15) is 5.76 Å². The van der Waals surface area contributed by atoms with Gasteiger partial charge in [-0.25, -0.2) is 9.00 Å². The Kier molecular flexibility index (Phi) is 5.42. The average molecular weight is 297 g/mol. The van der Waals surface area contributed by atoms with Gasteiger partial charge in [0, 0.05) is 6.42 Å². The molecule has 0 bridgehead atoms. The zero-order valence-corrected chi connectivity index (χ0v) is 11.6. The van der Waals surface area contributed by atoms with Crippen LogP contribution in [0, 0.1) is 5.92 Å². The predicted molar refractivity (Wildman–Crippen MR) is 65.0 cm³/mol. The summed E-state index contributed by atoms with van der Waals surface area (Å²) < 4.78 is 46.0. The van der Waals surface area contributed by atoms with E-state index in [1.54, 1.807) is 6.92 Å². The lowest BCUT2D eigenvalue weighted by molar-refractivity contribution is -0.139. The zero-order valence-electron chi connectivity index (χ0n) is 10.8. The van der Waals surface area contributed by atoms with Crippen molar-refractivity contribution >= 4 is 17.0 Å². The molecule has 1 rings (SSSR count). The Morgan fingerprint density at radius 1 is 1.58 bits per heavy atom. The summed E-state index contributed by atoms with van der Waals surface area (Å²) in [7, 11) is 0. The fourth-order valence-corrected chi connectivity index (χ4v) is 2.20. The van der Waals surface area contributed by atoms with Crippen LogP contribution < -0.4 is 5.73 Å². The first kappa shape index (κ1) is 16.0. The molecule has 0 radical (unpaired) electrons. The normalized spacial score (nSPS) is 22.1. The van der Waals surface area contributed by atoms with Crippen LogP contribution in [0.4, 0.5) is 8.78 Å². The van der Waals surface area contributed by atoms with Crippen molar-refractivity contribution in [2.24, 2.45) is 11.7 Å². The first-order chi connectivity index (χ1) is 8.75. The summed E-state index contributed by atoms with van der Waals surface area (Å²) in [4.78, 5) is 11.7. The standard InChI is InChI=1S/C11H17F2NO4S/c1-3-17-10(15)8-5-4-7(2)6-9(8)18-19(16)11(12,13)14/h7H,3-6,14H2,1-2H3. The highest BCUT2D eigenvalue weighted by atomic mass is 32.2. The van der Waals surface area contributed by atoms with Crippen molar-refractivity contribution < 1.29 is 26.7 Å². The van der Waals surface area contributed by atoms with E-state index in [9.17, 15) is 17.8 Å². The highest BCUT2D eigenvalue weighted by molar-refractivity contribution is 7.81. The van der Waals surface area contributed by atoms with E-state index in [1.165, 1.54) is 0 Å². The predicted octanol–water partition coefficient (Wildman–Crippen LogP) is 1.81. The summed E-state index contributed by atoms with van der Waals surface area (Å²) in [5.41, 5.74) is 4.58. The molecule has 5 nitrogen and oxygen atoms in total. The van der Waals surface area contributed by atoms with Gasteiger partial charge in [-0.15, -0.1) is 0 Å². The van der Waals surface area contributed by atoms with Crippen molar-refractivity contribution in [3.8, 4) is 0 Å². The van der Waals surface area contributed by atoms with Crippen molar-refractivity contribution in [1.82, 2.24) is 0 Å². The van der Waals surface area contributed by atoms with Crippen molar-refractivity contribution in [2.45, 2.75) is 38.5 Å². The van der Waals surface area contributed by atoms with Crippen LogP contribution in [0.5, 0.6) is 0 Å². The van der Waals surface area contributed by atoms with Crippen LogP contribution in [0.1, 0.15) is 33.1 Å². The molecule has 0 amide bonds. The SMILES string of the molecule is CCOC(=O)C1=C(OS(=O)C(N)(F)F)CC(C)CC1. The number of carbonyl (C=O) groups excluding carboxylic acids is 1. The van der Waals surface area contributed by atoms with Crippen LogP contribution in [0.15, 0.2) is 11.3 Å². The molecule has 2 atom stereocenters. The number of allylic oxidation sites excluding steroid dienone is 1. The van der Waals surface area contributed by atoms with E-state index < -0.39 is 22.4 Å². The van der Waals surface area contributed by atoms with Gasteiger partial charge in [0.05, 0.1) is 12.2 Å². The van der Waals surface area contributed by atoms with E-state index in [0.717, 1.165) is 0 Å². The minimum Gasteiger partial charge on any atom is -0.463 e. The molecular weight excluding hydrogens is 280 g/mol. The van der Waals surface area contributed by atoms with Crippen LogP contribution in [-0.2, 0) is 24.8 Å². The van der Waals surface area contributed by atoms with Crippen molar-refractivity contribution in [2.75, 3.05) is 6.61 Å². The van der Waals surface area contributed by atoms with Gasteiger partial charge in [-0.2, -0.15) is 8.78 Å². The Morgan fingerprint density at radius 3 is 2.74 bits per heavy atom. The van der Waals surface area contributed by atoms with Gasteiger partial charge in [-0.1, -0.05) is 6.92 Å².